The molecule has 2 N–H and O–H groups in total. The number of morpholine rings is 1. The van der Waals surface area contributed by atoms with Crippen LogP contribution in [0.2, 0.25) is 0 Å². The maximum absolute atomic E-state index is 12.8. The molecule has 0 spiro atoms. The fourth-order valence-electron chi connectivity index (χ4n) is 2.38. The number of halogens is 1. The second-order valence-corrected chi connectivity index (χ2v) is 5.46. The lowest BCUT2D eigenvalue weighted by atomic mass is 10.2. The molecule has 1 saturated heterocycles. The average molecular weight is 312 g/mol. The number of aliphatic hydroxyl groups is 1. The Balaban J connectivity index is 1.59. The van der Waals surface area contributed by atoms with Crippen molar-refractivity contribution in [1.82, 2.24) is 10.2 Å². The van der Waals surface area contributed by atoms with Gasteiger partial charge in [0.25, 0.3) is 0 Å². The smallest absolute Gasteiger partial charge is 0.123 e. The van der Waals surface area contributed by atoms with E-state index in [2.05, 4.69) is 17.1 Å². The first kappa shape index (κ1) is 17.1. The summed E-state index contributed by atoms with van der Waals surface area (Å²) in [4.78, 5) is 2.35. The van der Waals surface area contributed by atoms with Crippen LogP contribution in [0.1, 0.15) is 6.92 Å². The summed E-state index contributed by atoms with van der Waals surface area (Å²) in [6.45, 7) is 7.17. The number of hydrogen-bond acceptors (Lipinski definition) is 5. The minimum atomic E-state index is -0.615. The van der Waals surface area contributed by atoms with Gasteiger partial charge in [0.2, 0.25) is 0 Å². The molecule has 6 heteroatoms. The van der Waals surface area contributed by atoms with Crippen molar-refractivity contribution in [3.63, 3.8) is 0 Å². The standard InChI is InChI=1S/C16H25FN2O3/c1-2-19-7-8-21-16(11-19)10-18-9-14(20)12-22-15-5-3-13(17)4-6-15/h3-6,14,16,18,20H,2,7-12H2,1H3/t14-,16-/m1/s1. The van der Waals surface area contributed by atoms with Crippen LogP contribution in [0, 0.1) is 5.82 Å². The zero-order valence-corrected chi connectivity index (χ0v) is 13.0. The minimum absolute atomic E-state index is 0.166. The predicted molar refractivity (Wildman–Crippen MR) is 82.6 cm³/mol. The summed E-state index contributed by atoms with van der Waals surface area (Å²) in [7, 11) is 0. The van der Waals surface area contributed by atoms with Gasteiger partial charge in [0.05, 0.1) is 12.7 Å². The second-order valence-electron chi connectivity index (χ2n) is 5.46. The molecule has 1 aromatic rings. The van der Waals surface area contributed by atoms with E-state index in [1.165, 1.54) is 12.1 Å². The van der Waals surface area contributed by atoms with Crippen LogP contribution in [0.4, 0.5) is 4.39 Å². The monoisotopic (exact) mass is 312 g/mol. The molecule has 0 unspecified atom stereocenters. The average Bonchev–Trinajstić information content (AvgIpc) is 2.54. The fourth-order valence-corrected chi connectivity index (χ4v) is 2.38. The quantitative estimate of drug-likeness (QED) is 0.746. The molecule has 0 bridgehead atoms. The molecular weight excluding hydrogens is 287 g/mol. The summed E-state index contributed by atoms with van der Waals surface area (Å²) in [6, 6.07) is 5.76. The third kappa shape index (κ3) is 5.88. The number of rotatable bonds is 8. The molecule has 1 aromatic carbocycles. The number of benzene rings is 1. The first-order valence-electron chi connectivity index (χ1n) is 7.78. The Hall–Kier alpha value is -1.21. The van der Waals surface area contributed by atoms with E-state index < -0.39 is 6.10 Å². The molecule has 22 heavy (non-hydrogen) atoms. The van der Waals surface area contributed by atoms with Gasteiger partial charge < -0.3 is 19.9 Å². The molecule has 1 heterocycles. The van der Waals surface area contributed by atoms with Crippen LogP contribution in [0.5, 0.6) is 5.75 Å². The number of nitrogens with one attached hydrogen (secondary N) is 1. The van der Waals surface area contributed by atoms with Crippen LogP contribution >= 0.6 is 0 Å². The molecule has 5 nitrogen and oxygen atoms in total. The van der Waals surface area contributed by atoms with Gasteiger partial charge in [-0.3, -0.25) is 4.90 Å². The van der Waals surface area contributed by atoms with Gasteiger partial charge in [-0.15, -0.1) is 0 Å². The molecule has 0 amide bonds. The highest BCUT2D eigenvalue weighted by atomic mass is 19.1. The van der Waals surface area contributed by atoms with E-state index in [4.69, 9.17) is 9.47 Å². The minimum Gasteiger partial charge on any atom is -0.491 e. The van der Waals surface area contributed by atoms with Crippen molar-refractivity contribution in [3.05, 3.63) is 30.1 Å². The van der Waals surface area contributed by atoms with Gasteiger partial charge in [0, 0.05) is 26.2 Å². The fraction of sp³-hybridized carbons (Fsp3) is 0.625. The van der Waals surface area contributed by atoms with E-state index in [1.807, 2.05) is 0 Å². The molecule has 1 aliphatic rings. The molecule has 124 valence electrons. The Bertz CT molecular complexity index is 430. The third-order valence-electron chi connectivity index (χ3n) is 3.68. The van der Waals surface area contributed by atoms with E-state index in [0.29, 0.717) is 18.8 Å². The van der Waals surface area contributed by atoms with Crippen LogP contribution < -0.4 is 10.1 Å². The molecule has 2 rings (SSSR count). The summed E-state index contributed by atoms with van der Waals surface area (Å²) in [6.07, 6.45) is -0.449. The van der Waals surface area contributed by atoms with Gasteiger partial charge in [-0.25, -0.2) is 4.39 Å². The van der Waals surface area contributed by atoms with Gasteiger partial charge in [0.1, 0.15) is 24.3 Å². The van der Waals surface area contributed by atoms with Crippen molar-refractivity contribution in [2.75, 3.05) is 45.9 Å². The van der Waals surface area contributed by atoms with Gasteiger partial charge >= 0.3 is 0 Å². The van der Waals surface area contributed by atoms with Crippen molar-refractivity contribution in [2.24, 2.45) is 0 Å². The molecule has 0 aliphatic carbocycles. The normalized spacial score (nSPS) is 20.8. The number of ether oxygens (including phenoxy) is 2. The SMILES string of the molecule is CCN1CCO[C@H](CNC[C@@H](O)COc2ccc(F)cc2)C1. The molecule has 0 aromatic heterocycles. The lowest BCUT2D eigenvalue weighted by Gasteiger charge is -2.32. The molecular formula is C16H25FN2O3. The summed E-state index contributed by atoms with van der Waals surface area (Å²) in [5.41, 5.74) is 0. The summed E-state index contributed by atoms with van der Waals surface area (Å²) < 4.78 is 23.8. The van der Waals surface area contributed by atoms with Gasteiger partial charge in [0.15, 0.2) is 0 Å². The van der Waals surface area contributed by atoms with Crippen LogP contribution in [-0.2, 0) is 4.74 Å². The first-order chi connectivity index (χ1) is 10.7. The maximum Gasteiger partial charge on any atom is 0.123 e. The summed E-state index contributed by atoms with van der Waals surface area (Å²) in [5.74, 6) is 0.248. The van der Waals surface area contributed by atoms with Crippen molar-refractivity contribution in [2.45, 2.75) is 19.1 Å². The van der Waals surface area contributed by atoms with E-state index in [1.54, 1.807) is 12.1 Å². The molecule has 0 saturated carbocycles. The van der Waals surface area contributed by atoms with Crippen LogP contribution in [0.15, 0.2) is 24.3 Å². The highest BCUT2D eigenvalue weighted by Gasteiger charge is 2.19. The Kier molecular flexibility index (Phi) is 7.05. The van der Waals surface area contributed by atoms with Gasteiger partial charge in [-0.1, -0.05) is 6.92 Å². The van der Waals surface area contributed by atoms with Crippen molar-refractivity contribution < 1.29 is 19.0 Å². The Morgan fingerprint density at radius 1 is 1.45 bits per heavy atom. The molecule has 1 fully saturated rings. The topological polar surface area (TPSA) is 54.0 Å². The van der Waals surface area contributed by atoms with Crippen molar-refractivity contribution >= 4 is 0 Å². The molecule has 2 atom stereocenters. The van der Waals surface area contributed by atoms with E-state index >= 15 is 0 Å². The number of hydrogen-bond donors (Lipinski definition) is 2. The van der Waals surface area contributed by atoms with Crippen molar-refractivity contribution in [3.8, 4) is 5.75 Å². The Morgan fingerprint density at radius 2 is 2.23 bits per heavy atom. The van der Waals surface area contributed by atoms with E-state index in [9.17, 15) is 9.50 Å². The third-order valence-corrected chi connectivity index (χ3v) is 3.68. The van der Waals surface area contributed by atoms with Crippen LogP contribution in [-0.4, -0.2) is 68.2 Å². The van der Waals surface area contributed by atoms with E-state index in [0.717, 1.165) is 26.2 Å². The van der Waals surface area contributed by atoms with Gasteiger partial charge in [-0.05, 0) is 30.8 Å². The zero-order valence-electron chi connectivity index (χ0n) is 13.0. The van der Waals surface area contributed by atoms with Crippen LogP contribution in [0.25, 0.3) is 0 Å². The number of likely N-dealkylation sites (N-methyl/N-ethyl adjacent to an activating group) is 1. The largest absolute Gasteiger partial charge is 0.491 e. The number of aliphatic hydroxyl groups excluding tert-OH is 1. The maximum atomic E-state index is 12.8. The lowest BCUT2D eigenvalue weighted by molar-refractivity contribution is -0.0266. The van der Waals surface area contributed by atoms with Crippen LogP contribution in [0.3, 0.4) is 0 Å². The Labute approximate surface area is 131 Å². The highest BCUT2D eigenvalue weighted by molar-refractivity contribution is 5.22. The zero-order chi connectivity index (χ0) is 15.8. The predicted octanol–water partition coefficient (Wildman–Crippen LogP) is 0.876. The first-order valence-corrected chi connectivity index (χ1v) is 7.78. The van der Waals surface area contributed by atoms with Crippen molar-refractivity contribution in [1.29, 1.82) is 0 Å². The van der Waals surface area contributed by atoms with Gasteiger partial charge in [-0.2, -0.15) is 0 Å². The number of nitrogens with zero attached hydrogens (tertiary/aromatic N) is 1. The summed E-state index contributed by atoms with van der Waals surface area (Å²) >= 11 is 0. The second kappa shape index (κ2) is 9.05. The van der Waals surface area contributed by atoms with E-state index in [-0.39, 0.29) is 18.5 Å². The Morgan fingerprint density at radius 3 is 2.95 bits per heavy atom. The molecule has 1 aliphatic heterocycles. The highest BCUT2D eigenvalue weighted by Crippen LogP contribution is 2.11. The summed E-state index contributed by atoms with van der Waals surface area (Å²) in [5, 5.41) is 13.1. The molecule has 0 radical (unpaired) electrons. The lowest BCUT2D eigenvalue weighted by Crippen LogP contribution is -2.47.